The van der Waals surface area contributed by atoms with E-state index in [0.717, 1.165) is 0 Å². The van der Waals surface area contributed by atoms with E-state index >= 15 is 0 Å². The molecule has 0 spiro atoms. The molecule has 0 radical (unpaired) electrons. The second-order valence-corrected chi connectivity index (χ2v) is 9.86. The first-order valence-electron chi connectivity index (χ1n) is 14.4. The fraction of sp³-hybridized carbons (Fsp3) is 0.897. The van der Waals surface area contributed by atoms with Gasteiger partial charge in [-0.3, -0.25) is 0 Å². The molecule has 1 aromatic rings. The number of imidazole rings is 1. The van der Waals surface area contributed by atoms with Gasteiger partial charge in [-0.1, -0.05) is 117 Å². The number of rotatable bonds is 23. The van der Waals surface area contributed by atoms with E-state index in [1.54, 1.807) is 5.82 Å². The molecule has 182 valence electrons. The van der Waals surface area contributed by atoms with Gasteiger partial charge in [0.1, 0.15) is 12.4 Å². The maximum absolute atomic E-state index is 2.59. The van der Waals surface area contributed by atoms with Crippen molar-refractivity contribution in [3.63, 3.8) is 0 Å². The minimum atomic E-state index is 1.21. The highest BCUT2D eigenvalue weighted by Crippen LogP contribution is 2.13. The zero-order valence-electron chi connectivity index (χ0n) is 21.8. The minimum absolute atomic E-state index is 1.21. The summed E-state index contributed by atoms with van der Waals surface area (Å²) in [6.07, 6.45) is 34.0. The molecule has 0 aliphatic heterocycles. The molecule has 2 nitrogen and oxygen atoms in total. The Labute approximate surface area is 196 Å². The van der Waals surface area contributed by atoms with Crippen LogP contribution < -0.4 is 4.57 Å². The van der Waals surface area contributed by atoms with Gasteiger partial charge >= 0.3 is 0 Å². The summed E-state index contributed by atoms with van der Waals surface area (Å²) < 4.78 is 5.17. The monoisotopic (exact) mass is 433 g/mol. The Hall–Kier alpha value is -0.790. The molecule has 0 amide bonds. The van der Waals surface area contributed by atoms with Crippen molar-refractivity contribution < 1.29 is 4.57 Å². The molecule has 0 unspecified atom stereocenters. The van der Waals surface area contributed by atoms with E-state index in [0.29, 0.717) is 0 Å². The van der Waals surface area contributed by atoms with Crippen molar-refractivity contribution in [2.45, 2.75) is 169 Å². The molecule has 0 aliphatic rings. The smallest absolute Gasteiger partial charge is 0.234 e. The Balaban J connectivity index is 2.31. The van der Waals surface area contributed by atoms with Gasteiger partial charge in [0.05, 0.1) is 13.1 Å². The summed E-state index contributed by atoms with van der Waals surface area (Å²) in [5.41, 5.74) is 0. The van der Waals surface area contributed by atoms with Crippen LogP contribution in [0.15, 0.2) is 12.4 Å². The lowest BCUT2D eigenvalue weighted by molar-refractivity contribution is -0.704. The predicted molar refractivity (Wildman–Crippen MR) is 138 cm³/mol. The van der Waals surface area contributed by atoms with E-state index < -0.39 is 0 Å². The van der Waals surface area contributed by atoms with Crippen LogP contribution in [-0.4, -0.2) is 4.57 Å². The van der Waals surface area contributed by atoms with Crippen molar-refractivity contribution in [3.8, 4) is 0 Å². The Bertz CT molecular complexity index is 491. The van der Waals surface area contributed by atoms with Crippen LogP contribution in [0.5, 0.6) is 0 Å². The highest BCUT2D eigenvalue weighted by Gasteiger charge is 2.16. The van der Waals surface area contributed by atoms with Crippen LogP contribution >= 0.6 is 0 Å². The van der Waals surface area contributed by atoms with Gasteiger partial charge in [-0.05, 0) is 32.1 Å². The molecule has 0 N–H and O–H groups in total. The normalized spacial score (nSPS) is 11.5. The van der Waals surface area contributed by atoms with Crippen LogP contribution in [0.1, 0.15) is 155 Å². The number of unbranched alkanes of at least 4 members (excludes halogenated alkanes) is 17. The maximum atomic E-state index is 2.59. The molecule has 0 saturated heterocycles. The van der Waals surface area contributed by atoms with Crippen LogP contribution in [0.4, 0.5) is 0 Å². The van der Waals surface area contributed by atoms with Gasteiger partial charge < -0.3 is 0 Å². The molecule has 1 rings (SSSR count). The summed E-state index contributed by atoms with van der Waals surface area (Å²) in [6.45, 7) is 9.35. The Morgan fingerprint density at radius 2 is 1.00 bits per heavy atom. The van der Waals surface area contributed by atoms with Crippen molar-refractivity contribution in [3.05, 3.63) is 18.2 Å². The number of hydrogen-bond donors (Lipinski definition) is 0. The van der Waals surface area contributed by atoms with Crippen LogP contribution in [0.2, 0.25) is 0 Å². The van der Waals surface area contributed by atoms with Crippen molar-refractivity contribution >= 4 is 0 Å². The summed E-state index contributed by atoms with van der Waals surface area (Å²) in [6, 6.07) is 0. The van der Waals surface area contributed by atoms with Gasteiger partial charge in [0, 0.05) is 6.42 Å². The molecule has 1 heterocycles. The Morgan fingerprint density at radius 3 is 1.55 bits per heavy atom. The molecule has 0 bridgehead atoms. The van der Waals surface area contributed by atoms with E-state index in [1.807, 2.05) is 0 Å². The molecule has 0 aliphatic carbocycles. The number of hydrogen-bond acceptors (Lipinski definition) is 0. The number of nitrogens with zero attached hydrogens (tertiary/aromatic N) is 2. The zero-order valence-corrected chi connectivity index (χ0v) is 21.8. The SMILES string of the molecule is CCCCCCCCCCCn1cc[n+](CCCCC)c1CCCCCCCCCC. The molecular formula is C29H57N2+. The standard InChI is InChI=1S/C29H57N2/c1-4-7-10-12-14-16-18-20-23-26-31-28-27-30(25-22-9-6-3)29(31)24-21-19-17-15-13-11-8-5-2/h27-28H,4-26H2,1-3H3/q+1. The summed E-state index contributed by atoms with van der Waals surface area (Å²) in [4.78, 5) is 0. The third-order valence-electron chi connectivity index (χ3n) is 6.85. The average molecular weight is 434 g/mol. The second-order valence-electron chi connectivity index (χ2n) is 9.86. The van der Waals surface area contributed by atoms with Gasteiger partial charge in [0.2, 0.25) is 0 Å². The summed E-state index contributed by atoms with van der Waals surface area (Å²) in [5, 5.41) is 0. The molecule has 0 atom stereocenters. The lowest BCUT2D eigenvalue weighted by Gasteiger charge is -2.07. The van der Waals surface area contributed by atoms with Crippen LogP contribution in [-0.2, 0) is 19.5 Å². The number of aryl methyl sites for hydroxylation is 2. The Morgan fingerprint density at radius 1 is 0.548 bits per heavy atom. The quantitative estimate of drug-likeness (QED) is 0.120. The first kappa shape index (κ1) is 28.2. The predicted octanol–water partition coefficient (Wildman–Crippen LogP) is 9.18. The zero-order chi connectivity index (χ0) is 22.4. The third kappa shape index (κ3) is 14.8. The van der Waals surface area contributed by atoms with Crippen molar-refractivity contribution in [1.29, 1.82) is 0 Å². The molecule has 0 fully saturated rings. The fourth-order valence-electron chi connectivity index (χ4n) is 4.73. The highest BCUT2D eigenvalue weighted by molar-refractivity contribution is 4.84. The second kappa shape index (κ2) is 21.1. The first-order chi connectivity index (χ1) is 15.3. The fourth-order valence-corrected chi connectivity index (χ4v) is 4.73. The maximum Gasteiger partial charge on any atom is 0.256 e. The van der Waals surface area contributed by atoms with Gasteiger partial charge in [0.25, 0.3) is 5.82 Å². The van der Waals surface area contributed by atoms with E-state index in [1.165, 1.54) is 148 Å². The van der Waals surface area contributed by atoms with Crippen LogP contribution in [0.25, 0.3) is 0 Å². The van der Waals surface area contributed by atoms with Crippen molar-refractivity contribution in [2.24, 2.45) is 0 Å². The average Bonchev–Trinajstić information content (AvgIpc) is 3.16. The van der Waals surface area contributed by atoms with Crippen LogP contribution in [0.3, 0.4) is 0 Å². The lowest BCUT2D eigenvalue weighted by atomic mass is 10.1. The lowest BCUT2D eigenvalue weighted by Crippen LogP contribution is -2.37. The van der Waals surface area contributed by atoms with Crippen LogP contribution in [0, 0.1) is 0 Å². The molecule has 31 heavy (non-hydrogen) atoms. The van der Waals surface area contributed by atoms with Gasteiger partial charge in [-0.25, -0.2) is 9.13 Å². The molecule has 0 saturated carbocycles. The molecule has 2 heteroatoms. The van der Waals surface area contributed by atoms with E-state index in [9.17, 15) is 0 Å². The van der Waals surface area contributed by atoms with E-state index in [-0.39, 0.29) is 0 Å². The molecule has 0 aromatic carbocycles. The van der Waals surface area contributed by atoms with Gasteiger partial charge in [-0.2, -0.15) is 0 Å². The Kier molecular flexibility index (Phi) is 19.2. The minimum Gasteiger partial charge on any atom is -0.234 e. The van der Waals surface area contributed by atoms with Crippen molar-refractivity contribution in [2.75, 3.05) is 0 Å². The van der Waals surface area contributed by atoms with Gasteiger partial charge in [0.15, 0.2) is 0 Å². The van der Waals surface area contributed by atoms with Gasteiger partial charge in [-0.15, -0.1) is 0 Å². The number of aromatic nitrogens is 2. The largest absolute Gasteiger partial charge is 0.256 e. The van der Waals surface area contributed by atoms with E-state index in [2.05, 4.69) is 42.3 Å². The topological polar surface area (TPSA) is 8.81 Å². The summed E-state index contributed by atoms with van der Waals surface area (Å²) >= 11 is 0. The summed E-state index contributed by atoms with van der Waals surface area (Å²) in [5.74, 6) is 1.60. The molecular weight excluding hydrogens is 376 g/mol. The molecule has 1 aromatic heterocycles. The summed E-state index contributed by atoms with van der Waals surface area (Å²) in [7, 11) is 0. The highest BCUT2D eigenvalue weighted by atomic mass is 15.1. The third-order valence-corrected chi connectivity index (χ3v) is 6.85. The van der Waals surface area contributed by atoms with E-state index in [4.69, 9.17) is 0 Å². The first-order valence-corrected chi connectivity index (χ1v) is 14.4. The van der Waals surface area contributed by atoms with Crippen molar-refractivity contribution in [1.82, 2.24) is 4.57 Å².